The van der Waals surface area contributed by atoms with Crippen molar-refractivity contribution in [1.82, 2.24) is 5.32 Å². The second kappa shape index (κ2) is 4.28. The fourth-order valence-electron chi connectivity index (χ4n) is 2.26. The van der Waals surface area contributed by atoms with E-state index in [0.717, 1.165) is 10.8 Å². The summed E-state index contributed by atoms with van der Waals surface area (Å²) in [7, 11) is 1.59. The van der Waals surface area contributed by atoms with Crippen LogP contribution in [-0.2, 0) is 9.53 Å². The Morgan fingerprint density at radius 1 is 1.11 bits per heavy atom. The summed E-state index contributed by atoms with van der Waals surface area (Å²) in [6, 6.07) is 11.0. The average molecular weight is 257 g/mol. The molecule has 0 radical (unpaired) electrons. The highest BCUT2D eigenvalue weighted by atomic mass is 16.6. The van der Waals surface area contributed by atoms with Crippen molar-refractivity contribution in [2.24, 2.45) is 0 Å². The van der Waals surface area contributed by atoms with Crippen molar-refractivity contribution in [2.75, 3.05) is 7.11 Å². The molecule has 0 spiro atoms. The molecule has 1 fully saturated rings. The highest BCUT2D eigenvalue weighted by Gasteiger charge is 2.34. The van der Waals surface area contributed by atoms with Crippen LogP contribution in [0.2, 0.25) is 0 Å². The van der Waals surface area contributed by atoms with E-state index in [1.165, 1.54) is 0 Å². The van der Waals surface area contributed by atoms with Gasteiger partial charge in [0.25, 0.3) is 5.91 Å². The second-order valence-corrected chi connectivity index (χ2v) is 4.18. The van der Waals surface area contributed by atoms with Gasteiger partial charge in [-0.1, -0.05) is 30.3 Å². The van der Waals surface area contributed by atoms with Gasteiger partial charge in [0.1, 0.15) is 5.75 Å². The van der Waals surface area contributed by atoms with Gasteiger partial charge in [-0.3, -0.25) is 10.1 Å². The zero-order chi connectivity index (χ0) is 13.4. The zero-order valence-corrected chi connectivity index (χ0v) is 10.2. The van der Waals surface area contributed by atoms with E-state index in [-0.39, 0.29) is 0 Å². The van der Waals surface area contributed by atoms with Crippen LogP contribution < -0.4 is 10.1 Å². The number of nitrogens with one attached hydrogen (secondary N) is 1. The number of benzene rings is 2. The number of hydrogen-bond acceptors (Lipinski definition) is 4. The number of hydrogen-bond donors (Lipinski definition) is 1. The predicted octanol–water partition coefficient (Wildman–Crippen LogP) is 2.16. The Balaban J connectivity index is 2.20. The van der Waals surface area contributed by atoms with E-state index >= 15 is 0 Å². The van der Waals surface area contributed by atoms with Crippen molar-refractivity contribution in [2.45, 2.75) is 6.10 Å². The third kappa shape index (κ3) is 1.79. The summed E-state index contributed by atoms with van der Waals surface area (Å²) in [6.07, 6.45) is -1.61. The Labute approximate surface area is 109 Å². The minimum atomic E-state index is -0.900. The van der Waals surface area contributed by atoms with Crippen LogP contribution in [0.15, 0.2) is 36.4 Å². The maximum Gasteiger partial charge on any atom is 0.415 e. The summed E-state index contributed by atoms with van der Waals surface area (Å²) in [4.78, 5) is 22.8. The smallest absolute Gasteiger partial charge is 0.415 e. The van der Waals surface area contributed by atoms with Gasteiger partial charge in [0.05, 0.1) is 7.11 Å². The summed E-state index contributed by atoms with van der Waals surface area (Å²) in [5.41, 5.74) is 0.653. The molecule has 2 amide bonds. The topological polar surface area (TPSA) is 64.6 Å². The van der Waals surface area contributed by atoms with Gasteiger partial charge in [0, 0.05) is 10.9 Å². The highest BCUT2D eigenvalue weighted by Crippen LogP contribution is 2.34. The number of fused-ring (bicyclic) bond motifs is 1. The lowest BCUT2D eigenvalue weighted by molar-refractivity contribution is -0.123. The lowest BCUT2D eigenvalue weighted by Crippen LogP contribution is -2.20. The molecule has 0 saturated carbocycles. The Kier molecular flexibility index (Phi) is 2.59. The lowest BCUT2D eigenvalue weighted by Gasteiger charge is -2.12. The van der Waals surface area contributed by atoms with Crippen LogP contribution in [0.4, 0.5) is 4.79 Å². The summed E-state index contributed by atoms with van der Waals surface area (Å²) in [5.74, 6) is 0.268. The van der Waals surface area contributed by atoms with Gasteiger partial charge in [0.15, 0.2) is 0 Å². The number of carbonyl (C=O) groups is 2. The fraction of sp³-hybridized carbons (Fsp3) is 0.143. The molecule has 1 aliphatic heterocycles. The number of amides is 2. The van der Waals surface area contributed by atoms with Crippen LogP contribution in [0, 0.1) is 0 Å². The van der Waals surface area contributed by atoms with Crippen molar-refractivity contribution in [3.8, 4) is 5.75 Å². The third-order valence-corrected chi connectivity index (χ3v) is 3.11. The van der Waals surface area contributed by atoms with Crippen molar-refractivity contribution >= 4 is 22.8 Å². The molecular weight excluding hydrogens is 246 g/mol. The molecule has 1 aliphatic rings. The molecule has 1 unspecified atom stereocenters. The van der Waals surface area contributed by atoms with Gasteiger partial charge in [-0.2, -0.15) is 0 Å². The molecule has 1 heterocycles. The van der Waals surface area contributed by atoms with E-state index < -0.39 is 18.1 Å². The minimum absolute atomic E-state index is 0.444. The second-order valence-electron chi connectivity index (χ2n) is 4.18. The summed E-state index contributed by atoms with van der Waals surface area (Å²) in [5, 5.41) is 3.83. The molecule has 1 N–H and O–H groups in total. The molecular formula is C14H11NO4. The standard InChI is InChI=1S/C14H11NO4/c1-18-11-7-6-10(8-4-2-3-5-9(8)11)12-13(16)15-14(17)19-12/h2-7,12H,1H3,(H,15,16,17). The van der Waals surface area contributed by atoms with Gasteiger partial charge in [-0.25, -0.2) is 4.79 Å². The molecule has 0 aromatic heterocycles. The first-order valence-corrected chi connectivity index (χ1v) is 5.78. The Bertz CT molecular complexity index is 680. The average Bonchev–Trinajstić information content (AvgIpc) is 2.76. The number of carbonyl (C=O) groups excluding carboxylic acids is 2. The molecule has 5 heteroatoms. The summed E-state index contributed by atoms with van der Waals surface area (Å²) < 4.78 is 10.3. The number of cyclic esters (lactones) is 1. The highest BCUT2D eigenvalue weighted by molar-refractivity contribution is 6.03. The van der Waals surface area contributed by atoms with Crippen LogP contribution in [0.25, 0.3) is 10.8 Å². The quantitative estimate of drug-likeness (QED) is 0.895. The number of ether oxygens (including phenoxy) is 2. The molecule has 2 aromatic rings. The molecule has 19 heavy (non-hydrogen) atoms. The maximum atomic E-state index is 11.7. The number of imide groups is 1. The van der Waals surface area contributed by atoms with Crippen molar-refractivity contribution < 1.29 is 19.1 Å². The zero-order valence-electron chi connectivity index (χ0n) is 10.2. The van der Waals surface area contributed by atoms with Gasteiger partial charge in [-0.15, -0.1) is 0 Å². The number of rotatable bonds is 2. The molecule has 2 aromatic carbocycles. The van der Waals surface area contributed by atoms with Crippen molar-refractivity contribution in [1.29, 1.82) is 0 Å². The van der Waals surface area contributed by atoms with Crippen LogP contribution in [0.1, 0.15) is 11.7 Å². The van der Waals surface area contributed by atoms with E-state index in [0.29, 0.717) is 11.3 Å². The van der Waals surface area contributed by atoms with Gasteiger partial charge in [-0.05, 0) is 11.5 Å². The number of methoxy groups -OCH3 is 1. The first kappa shape index (κ1) is 11.5. The Morgan fingerprint density at radius 2 is 1.84 bits per heavy atom. The van der Waals surface area contributed by atoms with E-state index in [2.05, 4.69) is 5.32 Å². The minimum Gasteiger partial charge on any atom is -0.496 e. The Morgan fingerprint density at radius 3 is 2.47 bits per heavy atom. The molecule has 1 saturated heterocycles. The van der Waals surface area contributed by atoms with E-state index in [9.17, 15) is 9.59 Å². The molecule has 1 atom stereocenters. The summed E-state index contributed by atoms with van der Waals surface area (Å²) in [6.45, 7) is 0. The normalized spacial score (nSPS) is 18.3. The van der Waals surface area contributed by atoms with Crippen LogP contribution >= 0.6 is 0 Å². The number of alkyl carbamates (subject to hydrolysis) is 1. The SMILES string of the molecule is COc1ccc(C2OC(=O)NC2=O)c2ccccc12. The molecule has 5 nitrogen and oxygen atoms in total. The lowest BCUT2D eigenvalue weighted by atomic mass is 9.99. The maximum absolute atomic E-state index is 11.7. The molecule has 3 rings (SSSR count). The molecule has 0 bridgehead atoms. The first-order chi connectivity index (χ1) is 9.20. The van der Waals surface area contributed by atoms with Crippen molar-refractivity contribution in [3.05, 3.63) is 42.0 Å². The van der Waals surface area contributed by atoms with Crippen LogP contribution in [-0.4, -0.2) is 19.1 Å². The molecule has 0 aliphatic carbocycles. The monoisotopic (exact) mass is 257 g/mol. The van der Waals surface area contributed by atoms with E-state index in [1.54, 1.807) is 19.2 Å². The van der Waals surface area contributed by atoms with Gasteiger partial charge in [0.2, 0.25) is 6.10 Å². The van der Waals surface area contributed by atoms with Crippen molar-refractivity contribution in [3.63, 3.8) is 0 Å². The third-order valence-electron chi connectivity index (χ3n) is 3.11. The van der Waals surface area contributed by atoms with Crippen LogP contribution in [0.5, 0.6) is 5.75 Å². The van der Waals surface area contributed by atoms with Gasteiger partial charge >= 0.3 is 6.09 Å². The van der Waals surface area contributed by atoms with E-state index in [1.807, 2.05) is 24.3 Å². The van der Waals surface area contributed by atoms with Gasteiger partial charge < -0.3 is 9.47 Å². The van der Waals surface area contributed by atoms with Crippen LogP contribution in [0.3, 0.4) is 0 Å². The predicted molar refractivity (Wildman–Crippen MR) is 67.9 cm³/mol. The fourth-order valence-corrected chi connectivity index (χ4v) is 2.26. The summed E-state index contributed by atoms with van der Waals surface area (Å²) >= 11 is 0. The Hall–Kier alpha value is -2.56. The van der Waals surface area contributed by atoms with E-state index in [4.69, 9.17) is 9.47 Å². The first-order valence-electron chi connectivity index (χ1n) is 5.78. The largest absolute Gasteiger partial charge is 0.496 e. The molecule has 96 valence electrons.